The lowest BCUT2D eigenvalue weighted by molar-refractivity contribution is 0.0981. The van der Waals surface area contributed by atoms with E-state index < -0.39 is 0 Å². The van der Waals surface area contributed by atoms with Gasteiger partial charge in [0.1, 0.15) is 12.4 Å². The SMILES string of the molecule is Cc1ccccc1OC[C@H]1CN(CN2CCCCC2)C(=O)O1. The van der Waals surface area contributed by atoms with Crippen molar-refractivity contribution in [1.29, 1.82) is 0 Å². The molecule has 2 aliphatic heterocycles. The molecule has 0 saturated carbocycles. The molecule has 1 aromatic rings. The van der Waals surface area contributed by atoms with Crippen molar-refractivity contribution in [3.05, 3.63) is 29.8 Å². The van der Waals surface area contributed by atoms with Gasteiger partial charge in [-0.1, -0.05) is 24.6 Å². The van der Waals surface area contributed by atoms with E-state index in [-0.39, 0.29) is 12.2 Å². The van der Waals surface area contributed by atoms with Gasteiger partial charge >= 0.3 is 6.09 Å². The predicted octanol–water partition coefficient (Wildman–Crippen LogP) is 2.64. The number of hydrogen-bond acceptors (Lipinski definition) is 4. The number of cyclic esters (lactones) is 1. The van der Waals surface area contributed by atoms with Crippen molar-refractivity contribution in [2.75, 3.05) is 32.9 Å². The van der Waals surface area contributed by atoms with Crippen molar-refractivity contribution >= 4 is 6.09 Å². The number of benzene rings is 1. The first-order valence-electron chi connectivity index (χ1n) is 8.09. The van der Waals surface area contributed by atoms with Gasteiger partial charge in [-0.05, 0) is 44.5 Å². The van der Waals surface area contributed by atoms with Crippen molar-refractivity contribution < 1.29 is 14.3 Å². The zero-order valence-corrected chi connectivity index (χ0v) is 13.2. The number of para-hydroxylation sites is 1. The second kappa shape index (κ2) is 7.01. The fourth-order valence-electron chi connectivity index (χ4n) is 3.02. The van der Waals surface area contributed by atoms with Crippen LogP contribution in [0.2, 0.25) is 0 Å². The van der Waals surface area contributed by atoms with Crippen LogP contribution in [0.15, 0.2) is 24.3 Å². The topological polar surface area (TPSA) is 42.0 Å². The maximum Gasteiger partial charge on any atom is 0.411 e. The van der Waals surface area contributed by atoms with Gasteiger partial charge in [0.05, 0.1) is 13.2 Å². The summed E-state index contributed by atoms with van der Waals surface area (Å²) in [5.74, 6) is 0.855. The van der Waals surface area contributed by atoms with Crippen LogP contribution < -0.4 is 4.74 Å². The van der Waals surface area contributed by atoms with Crippen molar-refractivity contribution in [2.45, 2.75) is 32.3 Å². The van der Waals surface area contributed by atoms with Crippen LogP contribution in [0.25, 0.3) is 0 Å². The largest absolute Gasteiger partial charge is 0.489 e. The van der Waals surface area contributed by atoms with Gasteiger partial charge in [-0.25, -0.2) is 4.79 Å². The van der Waals surface area contributed by atoms with Gasteiger partial charge in [-0.3, -0.25) is 9.80 Å². The third kappa shape index (κ3) is 3.71. The van der Waals surface area contributed by atoms with Gasteiger partial charge in [0, 0.05) is 0 Å². The fraction of sp³-hybridized carbons (Fsp3) is 0.588. The average molecular weight is 304 g/mol. The molecule has 5 nitrogen and oxygen atoms in total. The van der Waals surface area contributed by atoms with Gasteiger partial charge in [-0.2, -0.15) is 0 Å². The molecule has 0 unspecified atom stereocenters. The maximum absolute atomic E-state index is 12.0. The molecule has 0 N–H and O–H groups in total. The molecule has 5 heteroatoms. The zero-order chi connectivity index (χ0) is 15.4. The standard InChI is InChI=1S/C17H24N2O3/c1-14-7-3-4-8-16(14)21-12-15-11-19(17(20)22-15)13-18-9-5-2-6-10-18/h3-4,7-8,15H,2,5-6,9-13H2,1H3/t15-/m1/s1. The second-order valence-electron chi connectivity index (χ2n) is 6.12. The molecule has 2 aliphatic rings. The Bertz CT molecular complexity index is 514. The van der Waals surface area contributed by atoms with E-state index in [9.17, 15) is 4.79 Å². The highest BCUT2D eigenvalue weighted by Gasteiger charge is 2.32. The van der Waals surface area contributed by atoms with E-state index in [1.165, 1.54) is 19.3 Å². The third-order valence-corrected chi connectivity index (χ3v) is 4.29. The van der Waals surface area contributed by atoms with E-state index in [0.717, 1.165) is 24.4 Å². The highest BCUT2D eigenvalue weighted by molar-refractivity contribution is 5.69. The Labute approximate surface area is 131 Å². The van der Waals surface area contributed by atoms with Crippen LogP contribution in [0.4, 0.5) is 4.79 Å². The van der Waals surface area contributed by atoms with Crippen molar-refractivity contribution in [3.63, 3.8) is 0 Å². The second-order valence-corrected chi connectivity index (χ2v) is 6.12. The number of hydrogen-bond donors (Lipinski definition) is 0. The monoisotopic (exact) mass is 304 g/mol. The molecular weight excluding hydrogens is 280 g/mol. The molecule has 0 radical (unpaired) electrons. The van der Waals surface area contributed by atoms with E-state index in [4.69, 9.17) is 9.47 Å². The number of carbonyl (C=O) groups is 1. The molecule has 2 fully saturated rings. The van der Waals surface area contributed by atoms with Crippen LogP contribution in [-0.2, 0) is 4.74 Å². The Kier molecular flexibility index (Phi) is 4.83. The van der Waals surface area contributed by atoms with Gasteiger partial charge in [0.2, 0.25) is 0 Å². The molecule has 0 spiro atoms. The lowest BCUT2D eigenvalue weighted by Gasteiger charge is -2.29. The summed E-state index contributed by atoms with van der Waals surface area (Å²) < 4.78 is 11.2. The van der Waals surface area contributed by atoms with E-state index in [2.05, 4.69) is 4.90 Å². The lowest BCUT2D eigenvalue weighted by Crippen LogP contribution is -2.41. The van der Waals surface area contributed by atoms with E-state index >= 15 is 0 Å². The van der Waals surface area contributed by atoms with Gasteiger partial charge < -0.3 is 9.47 Å². The normalized spacial score (nSPS) is 22.7. The molecule has 2 saturated heterocycles. The third-order valence-electron chi connectivity index (χ3n) is 4.29. The first-order chi connectivity index (χ1) is 10.7. The summed E-state index contributed by atoms with van der Waals surface area (Å²) in [6.07, 6.45) is 3.35. The summed E-state index contributed by atoms with van der Waals surface area (Å²) in [6.45, 7) is 5.87. The molecule has 1 amide bonds. The number of piperidine rings is 1. The van der Waals surface area contributed by atoms with Crippen LogP contribution in [0, 0.1) is 6.92 Å². The number of aryl methyl sites for hydroxylation is 1. The van der Waals surface area contributed by atoms with Crippen molar-refractivity contribution in [1.82, 2.24) is 9.80 Å². The smallest absolute Gasteiger partial charge is 0.411 e. The predicted molar refractivity (Wildman–Crippen MR) is 83.9 cm³/mol. The average Bonchev–Trinajstić information content (AvgIpc) is 2.88. The summed E-state index contributed by atoms with van der Waals surface area (Å²) in [4.78, 5) is 16.1. The Morgan fingerprint density at radius 1 is 1.23 bits per heavy atom. The molecule has 0 aromatic heterocycles. The molecular formula is C17H24N2O3. The van der Waals surface area contributed by atoms with Gasteiger partial charge in [0.25, 0.3) is 0 Å². The number of rotatable bonds is 5. The van der Waals surface area contributed by atoms with Crippen LogP contribution >= 0.6 is 0 Å². The number of likely N-dealkylation sites (tertiary alicyclic amines) is 1. The van der Waals surface area contributed by atoms with Crippen molar-refractivity contribution in [2.24, 2.45) is 0 Å². The maximum atomic E-state index is 12.0. The van der Waals surface area contributed by atoms with E-state index in [1.54, 1.807) is 4.90 Å². The van der Waals surface area contributed by atoms with Crippen LogP contribution in [0.1, 0.15) is 24.8 Å². The lowest BCUT2D eigenvalue weighted by atomic mass is 10.1. The molecule has 1 atom stereocenters. The highest BCUT2D eigenvalue weighted by Crippen LogP contribution is 2.19. The van der Waals surface area contributed by atoms with Crippen LogP contribution in [-0.4, -0.2) is 54.9 Å². The minimum Gasteiger partial charge on any atom is -0.489 e. The molecule has 3 rings (SSSR count). The molecule has 0 aliphatic carbocycles. The first-order valence-corrected chi connectivity index (χ1v) is 8.09. The van der Waals surface area contributed by atoms with E-state index in [1.807, 2.05) is 31.2 Å². The molecule has 120 valence electrons. The number of amides is 1. The summed E-state index contributed by atoms with van der Waals surface area (Å²) >= 11 is 0. The summed E-state index contributed by atoms with van der Waals surface area (Å²) in [7, 11) is 0. The minimum absolute atomic E-state index is 0.183. The quantitative estimate of drug-likeness (QED) is 0.838. The summed E-state index contributed by atoms with van der Waals surface area (Å²) in [5.41, 5.74) is 1.09. The summed E-state index contributed by atoms with van der Waals surface area (Å²) in [5, 5.41) is 0. The Morgan fingerprint density at radius 2 is 2.00 bits per heavy atom. The number of ether oxygens (including phenoxy) is 2. The number of carbonyl (C=O) groups excluding carboxylic acids is 1. The summed E-state index contributed by atoms with van der Waals surface area (Å²) in [6, 6.07) is 7.89. The Morgan fingerprint density at radius 3 is 2.77 bits per heavy atom. The molecule has 0 bridgehead atoms. The number of nitrogens with zero attached hydrogens (tertiary/aromatic N) is 2. The molecule has 22 heavy (non-hydrogen) atoms. The Balaban J connectivity index is 1.48. The highest BCUT2D eigenvalue weighted by atomic mass is 16.6. The minimum atomic E-state index is -0.219. The first kappa shape index (κ1) is 15.2. The molecule has 2 heterocycles. The Hall–Kier alpha value is -1.75. The van der Waals surface area contributed by atoms with Crippen LogP contribution in [0.3, 0.4) is 0 Å². The van der Waals surface area contributed by atoms with Crippen LogP contribution in [0.5, 0.6) is 5.75 Å². The fourth-order valence-corrected chi connectivity index (χ4v) is 3.02. The van der Waals surface area contributed by atoms with E-state index in [0.29, 0.717) is 19.8 Å². The van der Waals surface area contributed by atoms with Crippen molar-refractivity contribution in [3.8, 4) is 5.75 Å². The van der Waals surface area contributed by atoms with Gasteiger partial charge in [-0.15, -0.1) is 0 Å². The van der Waals surface area contributed by atoms with Gasteiger partial charge in [0.15, 0.2) is 6.10 Å². The molecule has 1 aromatic carbocycles. The zero-order valence-electron chi connectivity index (χ0n) is 13.2.